The minimum atomic E-state index is -0.710. The Balaban J connectivity index is 0.00000109. The van der Waals surface area contributed by atoms with Gasteiger partial charge in [-0.3, -0.25) is 4.98 Å². The van der Waals surface area contributed by atoms with E-state index in [1.54, 1.807) is 6.20 Å². The van der Waals surface area contributed by atoms with Gasteiger partial charge in [0.15, 0.2) is 5.79 Å². The molecule has 0 aromatic carbocycles. The van der Waals surface area contributed by atoms with E-state index in [1.165, 1.54) is 0 Å². The highest BCUT2D eigenvalue weighted by atomic mass is 16.8. The van der Waals surface area contributed by atoms with E-state index in [-0.39, 0.29) is 0 Å². The van der Waals surface area contributed by atoms with Crippen molar-refractivity contribution in [2.24, 2.45) is 0 Å². The van der Waals surface area contributed by atoms with E-state index in [2.05, 4.69) is 11.9 Å². The number of nitrogens with zero attached hydrogens (tertiary/aromatic N) is 1. The lowest BCUT2D eigenvalue weighted by molar-refractivity contribution is -0.365. The summed E-state index contributed by atoms with van der Waals surface area (Å²) in [4.78, 5) is 4.25. The highest BCUT2D eigenvalue weighted by molar-refractivity contribution is 5.33. The fraction of sp³-hybridized carbons (Fsp3) is 0.737. The number of rotatable bonds is 5. The molecule has 2 saturated heterocycles. The van der Waals surface area contributed by atoms with Crippen molar-refractivity contribution >= 4 is 0 Å². The van der Waals surface area contributed by atoms with Crippen LogP contribution in [-0.4, -0.2) is 49.6 Å². The quantitative estimate of drug-likeness (QED) is 0.809. The summed E-state index contributed by atoms with van der Waals surface area (Å²) >= 11 is 0. The van der Waals surface area contributed by atoms with Gasteiger partial charge in [0.05, 0.1) is 19.8 Å². The van der Waals surface area contributed by atoms with Crippen LogP contribution in [0.15, 0.2) is 12.3 Å². The van der Waals surface area contributed by atoms with Crippen molar-refractivity contribution < 1.29 is 23.7 Å². The molecule has 142 valence electrons. The molecule has 25 heavy (non-hydrogen) atoms. The number of aromatic nitrogens is 1. The predicted molar refractivity (Wildman–Crippen MR) is 94.7 cm³/mol. The summed E-state index contributed by atoms with van der Waals surface area (Å²) < 4.78 is 29.1. The second kappa shape index (κ2) is 8.94. The van der Waals surface area contributed by atoms with Gasteiger partial charge in [-0.2, -0.15) is 0 Å². The van der Waals surface area contributed by atoms with E-state index >= 15 is 0 Å². The van der Waals surface area contributed by atoms with Crippen LogP contribution in [0.3, 0.4) is 0 Å². The van der Waals surface area contributed by atoms with Gasteiger partial charge in [-0.05, 0) is 26.3 Å². The van der Waals surface area contributed by atoms with E-state index in [1.807, 2.05) is 33.8 Å². The lowest BCUT2D eigenvalue weighted by Crippen LogP contribution is -2.54. The van der Waals surface area contributed by atoms with Crippen LogP contribution in [0.1, 0.15) is 44.9 Å². The molecule has 0 saturated carbocycles. The monoisotopic (exact) mass is 353 g/mol. The number of hydrogen-bond acceptors (Lipinski definition) is 6. The van der Waals surface area contributed by atoms with E-state index in [4.69, 9.17) is 23.7 Å². The summed E-state index contributed by atoms with van der Waals surface area (Å²) in [5.74, 6) is -0.479. The number of pyridine rings is 1. The summed E-state index contributed by atoms with van der Waals surface area (Å²) in [6, 6.07) is 1.89. The average Bonchev–Trinajstić information content (AvgIpc) is 3.11. The van der Waals surface area contributed by atoms with Crippen LogP contribution in [0.25, 0.3) is 0 Å². The maximum atomic E-state index is 5.98. The Labute approximate surface area is 150 Å². The van der Waals surface area contributed by atoms with E-state index in [0.717, 1.165) is 23.4 Å². The minimum Gasteiger partial charge on any atom is -0.493 e. The van der Waals surface area contributed by atoms with E-state index in [9.17, 15) is 0 Å². The molecule has 0 aliphatic carbocycles. The average molecular weight is 353 g/mol. The fourth-order valence-corrected chi connectivity index (χ4v) is 2.84. The van der Waals surface area contributed by atoms with E-state index < -0.39 is 11.6 Å². The third-order valence-corrected chi connectivity index (χ3v) is 4.61. The van der Waals surface area contributed by atoms with Crippen LogP contribution in [0.5, 0.6) is 5.75 Å². The maximum Gasteiger partial charge on any atom is 0.216 e. The topological polar surface area (TPSA) is 59.0 Å². The maximum absolute atomic E-state index is 5.98. The molecule has 2 fully saturated rings. The summed E-state index contributed by atoms with van der Waals surface area (Å²) in [6.45, 7) is 12.5. The van der Waals surface area contributed by atoms with Crippen molar-refractivity contribution in [2.45, 2.75) is 59.0 Å². The first-order chi connectivity index (χ1) is 12.1. The summed E-state index contributed by atoms with van der Waals surface area (Å²) in [7, 11) is 0. The number of hydrogen-bond donors (Lipinski definition) is 0. The van der Waals surface area contributed by atoms with Crippen LogP contribution in [0.4, 0.5) is 0 Å². The Morgan fingerprint density at radius 2 is 1.72 bits per heavy atom. The molecule has 0 bridgehead atoms. The molecule has 1 aromatic heterocycles. The third-order valence-electron chi connectivity index (χ3n) is 4.61. The molecule has 2 aliphatic heterocycles. The molecule has 3 heterocycles. The second-order valence-corrected chi connectivity index (χ2v) is 6.07. The number of aryl methyl sites for hydroxylation is 1. The van der Waals surface area contributed by atoms with Gasteiger partial charge in [0.25, 0.3) is 0 Å². The first-order valence-electron chi connectivity index (χ1n) is 9.19. The lowest BCUT2D eigenvalue weighted by atomic mass is 10.1. The van der Waals surface area contributed by atoms with Crippen LogP contribution in [0, 0.1) is 13.8 Å². The Bertz CT molecular complexity index is 533. The lowest BCUT2D eigenvalue weighted by Gasteiger charge is -2.43. The Morgan fingerprint density at radius 3 is 2.32 bits per heavy atom. The molecule has 0 unspecified atom stereocenters. The van der Waals surface area contributed by atoms with E-state index in [0.29, 0.717) is 39.5 Å². The van der Waals surface area contributed by atoms with Gasteiger partial charge in [-0.1, -0.05) is 20.8 Å². The van der Waals surface area contributed by atoms with Gasteiger partial charge < -0.3 is 23.7 Å². The third kappa shape index (κ3) is 4.70. The highest BCUT2D eigenvalue weighted by Crippen LogP contribution is 2.34. The van der Waals surface area contributed by atoms with Gasteiger partial charge in [0.1, 0.15) is 19.0 Å². The van der Waals surface area contributed by atoms with Crippen molar-refractivity contribution in [3.8, 4) is 5.75 Å². The van der Waals surface area contributed by atoms with Gasteiger partial charge in [0, 0.05) is 23.9 Å². The van der Waals surface area contributed by atoms with Crippen molar-refractivity contribution in [1.82, 2.24) is 4.98 Å². The van der Waals surface area contributed by atoms with Crippen molar-refractivity contribution in [3.05, 3.63) is 23.5 Å². The fourth-order valence-electron chi connectivity index (χ4n) is 2.84. The molecule has 2 aliphatic rings. The predicted octanol–water partition coefficient (Wildman–Crippen LogP) is 3.39. The molecule has 1 aromatic rings. The van der Waals surface area contributed by atoms with Gasteiger partial charge >= 0.3 is 0 Å². The van der Waals surface area contributed by atoms with Crippen molar-refractivity contribution in [3.63, 3.8) is 0 Å². The molecule has 6 nitrogen and oxygen atoms in total. The van der Waals surface area contributed by atoms with Crippen molar-refractivity contribution in [1.29, 1.82) is 0 Å². The van der Waals surface area contributed by atoms with Crippen LogP contribution < -0.4 is 4.74 Å². The van der Waals surface area contributed by atoms with Crippen molar-refractivity contribution in [2.75, 3.05) is 33.0 Å². The van der Waals surface area contributed by atoms with Gasteiger partial charge in [0.2, 0.25) is 5.79 Å². The molecule has 0 radical (unpaired) electrons. The standard InChI is InChI=1S/C17H25NO5.C2H6/c1-4-16(22-11-17(12-23-16)20-9-10-21-17)6-8-19-15-5-7-18-14(3)13(15)2;1-2/h5,7H,4,6,8-12H2,1-3H3;1-2H3. The molecule has 0 amide bonds. The smallest absolute Gasteiger partial charge is 0.216 e. The van der Waals surface area contributed by atoms with Crippen LogP contribution in [-0.2, 0) is 18.9 Å². The zero-order chi connectivity index (χ0) is 18.3. The molecule has 3 rings (SSSR count). The molecule has 6 heteroatoms. The minimum absolute atomic E-state index is 0.397. The summed E-state index contributed by atoms with van der Waals surface area (Å²) in [5, 5.41) is 0. The Kier molecular flexibility index (Phi) is 7.19. The molecule has 0 N–H and O–H groups in total. The Hall–Kier alpha value is -1.21. The zero-order valence-corrected chi connectivity index (χ0v) is 16.1. The van der Waals surface area contributed by atoms with Crippen LogP contribution >= 0.6 is 0 Å². The molecule has 0 atom stereocenters. The molecular weight excluding hydrogens is 322 g/mol. The summed E-state index contributed by atoms with van der Waals surface area (Å²) in [6.07, 6.45) is 3.17. The normalized spacial score (nSPS) is 20.8. The number of ether oxygens (including phenoxy) is 5. The van der Waals surface area contributed by atoms with Gasteiger partial charge in [-0.15, -0.1) is 0 Å². The first-order valence-corrected chi connectivity index (χ1v) is 9.19. The zero-order valence-electron chi connectivity index (χ0n) is 16.1. The Morgan fingerprint density at radius 1 is 1.08 bits per heavy atom. The first kappa shape index (κ1) is 20.1. The van der Waals surface area contributed by atoms with Crippen LogP contribution in [0.2, 0.25) is 0 Å². The molecular formula is C19H31NO5. The largest absolute Gasteiger partial charge is 0.493 e. The van der Waals surface area contributed by atoms with Gasteiger partial charge in [-0.25, -0.2) is 0 Å². The molecule has 1 spiro atoms. The second-order valence-electron chi connectivity index (χ2n) is 6.07. The SMILES string of the molecule is CC.CCC1(CCOc2ccnc(C)c2C)OCC2(CO1)OCCO2. The highest BCUT2D eigenvalue weighted by Gasteiger charge is 2.47. The summed E-state index contributed by atoms with van der Waals surface area (Å²) in [5.41, 5.74) is 2.05.